The molecule has 1 aromatic carbocycles. The number of hydrogen-bond donors (Lipinski definition) is 1. The Hall–Kier alpha value is -1.74. The van der Waals surface area contributed by atoms with Crippen molar-refractivity contribution in [2.45, 2.75) is 39.7 Å². The lowest BCUT2D eigenvalue weighted by molar-refractivity contribution is 0.311. The van der Waals surface area contributed by atoms with Crippen LogP contribution in [-0.4, -0.2) is 13.2 Å². The van der Waals surface area contributed by atoms with Crippen LogP contribution in [0, 0.1) is 6.92 Å². The van der Waals surface area contributed by atoms with E-state index in [4.69, 9.17) is 9.15 Å². The molecule has 0 aliphatic carbocycles. The lowest BCUT2D eigenvalue weighted by atomic mass is 9.99. The summed E-state index contributed by atoms with van der Waals surface area (Å²) >= 11 is 0. The summed E-state index contributed by atoms with van der Waals surface area (Å²) in [6.07, 6.45) is 3.93. The molecule has 1 unspecified atom stereocenters. The minimum Gasteiger partial charge on any atom is -0.493 e. The van der Waals surface area contributed by atoms with Gasteiger partial charge in [-0.15, -0.1) is 0 Å². The summed E-state index contributed by atoms with van der Waals surface area (Å²) < 4.78 is 11.4. The molecule has 1 N–H and O–H groups in total. The monoisotopic (exact) mass is 287 g/mol. The third-order valence-corrected chi connectivity index (χ3v) is 3.37. The quantitative estimate of drug-likeness (QED) is 0.778. The SMILES string of the molecule is CCCNC(c1coc(C)c1)c1ccccc1OCCC. The van der Waals surface area contributed by atoms with Gasteiger partial charge >= 0.3 is 0 Å². The van der Waals surface area contributed by atoms with Gasteiger partial charge in [0.2, 0.25) is 0 Å². The van der Waals surface area contributed by atoms with Gasteiger partial charge in [0.1, 0.15) is 11.5 Å². The Labute approximate surface area is 127 Å². The zero-order valence-corrected chi connectivity index (χ0v) is 13.2. The summed E-state index contributed by atoms with van der Waals surface area (Å²) in [5.74, 6) is 1.88. The van der Waals surface area contributed by atoms with Gasteiger partial charge in [-0.2, -0.15) is 0 Å². The number of ether oxygens (including phenoxy) is 1. The lowest BCUT2D eigenvalue weighted by Crippen LogP contribution is -2.23. The van der Waals surface area contributed by atoms with Gasteiger partial charge in [0.25, 0.3) is 0 Å². The van der Waals surface area contributed by atoms with Crippen molar-refractivity contribution in [3.63, 3.8) is 0 Å². The summed E-state index contributed by atoms with van der Waals surface area (Å²) in [4.78, 5) is 0. The predicted molar refractivity (Wildman–Crippen MR) is 85.8 cm³/mol. The van der Waals surface area contributed by atoms with E-state index in [0.29, 0.717) is 0 Å². The maximum atomic E-state index is 5.90. The Kier molecular flexibility index (Phi) is 5.88. The van der Waals surface area contributed by atoms with E-state index >= 15 is 0 Å². The first kappa shape index (κ1) is 15.6. The van der Waals surface area contributed by atoms with E-state index in [1.54, 1.807) is 0 Å². The third-order valence-electron chi connectivity index (χ3n) is 3.37. The second-order valence-corrected chi connectivity index (χ2v) is 5.26. The average molecular weight is 287 g/mol. The van der Waals surface area contributed by atoms with Crippen LogP contribution in [0.5, 0.6) is 5.75 Å². The highest BCUT2D eigenvalue weighted by Crippen LogP contribution is 2.31. The van der Waals surface area contributed by atoms with E-state index in [1.807, 2.05) is 25.3 Å². The van der Waals surface area contributed by atoms with Crippen LogP contribution in [0.25, 0.3) is 0 Å². The van der Waals surface area contributed by atoms with Crippen molar-refractivity contribution >= 4 is 0 Å². The van der Waals surface area contributed by atoms with Crippen LogP contribution in [0.4, 0.5) is 0 Å². The molecule has 0 aliphatic heterocycles. The Morgan fingerprint density at radius 3 is 2.67 bits per heavy atom. The van der Waals surface area contributed by atoms with Crippen LogP contribution in [0.1, 0.15) is 49.6 Å². The molecule has 1 aromatic heterocycles. The maximum absolute atomic E-state index is 5.90. The molecular formula is C18H25NO2. The Morgan fingerprint density at radius 2 is 2.00 bits per heavy atom. The molecule has 0 saturated heterocycles. The predicted octanol–water partition coefficient (Wildman–Crippen LogP) is 4.47. The first-order valence-electron chi connectivity index (χ1n) is 7.76. The fourth-order valence-corrected chi connectivity index (χ4v) is 2.37. The van der Waals surface area contributed by atoms with Gasteiger partial charge in [0.05, 0.1) is 18.9 Å². The van der Waals surface area contributed by atoms with E-state index in [1.165, 1.54) is 5.56 Å². The first-order valence-corrected chi connectivity index (χ1v) is 7.76. The summed E-state index contributed by atoms with van der Waals surface area (Å²) in [5.41, 5.74) is 2.31. The molecule has 0 saturated carbocycles. The summed E-state index contributed by atoms with van der Waals surface area (Å²) in [6.45, 7) is 7.96. The number of hydrogen-bond acceptors (Lipinski definition) is 3. The van der Waals surface area contributed by atoms with Gasteiger partial charge in [-0.3, -0.25) is 0 Å². The zero-order valence-electron chi connectivity index (χ0n) is 13.2. The number of furan rings is 1. The van der Waals surface area contributed by atoms with Gasteiger partial charge < -0.3 is 14.5 Å². The molecule has 0 aliphatic rings. The normalized spacial score (nSPS) is 12.3. The van der Waals surface area contributed by atoms with Crippen LogP contribution in [-0.2, 0) is 0 Å². The molecule has 3 nitrogen and oxygen atoms in total. The van der Waals surface area contributed by atoms with E-state index in [-0.39, 0.29) is 6.04 Å². The van der Waals surface area contributed by atoms with E-state index in [0.717, 1.165) is 43.1 Å². The highest BCUT2D eigenvalue weighted by molar-refractivity contribution is 5.41. The van der Waals surface area contributed by atoms with Gasteiger partial charge in [0.15, 0.2) is 0 Å². The van der Waals surface area contributed by atoms with Crippen molar-refractivity contribution in [3.05, 3.63) is 53.5 Å². The van der Waals surface area contributed by atoms with Crippen molar-refractivity contribution in [2.75, 3.05) is 13.2 Å². The summed E-state index contributed by atoms with van der Waals surface area (Å²) in [6, 6.07) is 10.4. The summed E-state index contributed by atoms with van der Waals surface area (Å²) in [7, 11) is 0. The number of rotatable bonds is 8. The molecule has 114 valence electrons. The largest absolute Gasteiger partial charge is 0.493 e. The van der Waals surface area contributed by atoms with Crippen LogP contribution in [0.3, 0.4) is 0 Å². The number of para-hydroxylation sites is 1. The van der Waals surface area contributed by atoms with Crippen molar-refractivity contribution < 1.29 is 9.15 Å². The lowest BCUT2D eigenvalue weighted by Gasteiger charge is -2.21. The summed E-state index contributed by atoms with van der Waals surface area (Å²) in [5, 5.41) is 3.59. The molecule has 21 heavy (non-hydrogen) atoms. The zero-order chi connectivity index (χ0) is 15.1. The number of benzene rings is 1. The second-order valence-electron chi connectivity index (χ2n) is 5.26. The number of aryl methyl sites for hydroxylation is 1. The van der Waals surface area contributed by atoms with Gasteiger partial charge in [-0.05, 0) is 38.4 Å². The van der Waals surface area contributed by atoms with E-state index in [9.17, 15) is 0 Å². The molecule has 2 aromatic rings. The topological polar surface area (TPSA) is 34.4 Å². The average Bonchev–Trinajstić information content (AvgIpc) is 2.93. The standard InChI is InChI=1S/C18H25NO2/c1-4-10-19-18(15-12-14(3)21-13-15)16-8-6-7-9-17(16)20-11-5-2/h6-9,12-13,18-19H,4-5,10-11H2,1-3H3. The smallest absolute Gasteiger partial charge is 0.124 e. The van der Waals surface area contributed by atoms with Gasteiger partial charge in [-0.25, -0.2) is 0 Å². The minimum atomic E-state index is 0.107. The van der Waals surface area contributed by atoms with Crippen molar-refractivity contribution in [3.8, 4) is 5.75 Å². The fourth-order valence-electron chi connectivity index (χ4n) is 2.37. The number of nitrogens with one attached hydrogen (secondary N) is 1. The Morgan fingerprint density at radius 1 is 1.19 bits per heavy atom. The minimum absolute atomic E-state index is 0.107. The van der Waals surface area contributed by atoms with Crippen LogP contribution in [0.15, 0.2) is 41.0 Å². The van der Waals surface area contributed by atoms with E-state index in [2.05, 4.69) is 37.4 Å². The van der Waals surface area contributed by atoms with Crippen molar-refractivity contribution in [2.24, 2.45) is 0 Å². The molecular weight excluding hydrogens is 262 g/mol. The van der Waals surface area contributed by atoms with Gasteiger partial charge in [-0.1, -0.05) is 32.0 Å². The molecule has 0 fully saturated rings. The second kappa shape index (κ2) is 7.89. The molecule has 0 bridgehead atoms. The Balaban J connectivity index is 2.31. The highest BCUT2D eigenvalue weighted by atomic mass is 16.5. The van der Waals surface area contributed by atoms with Crippen LogP contribution < -0.4 is 10.1 Å². The highest BCUT2D eigenvalue weighted by Gasteiger charge is 2.19. The fraction of sp³-hybridized carbons (Fsp3) is 0.444. The molecule has 0 amide bonds. The maximum Gasteiger partial charge on any atom is 0.124 e. The molecule has 0 spiro atoms. The van der Waals surface area contributed by atoms with E-state index < -0.39 is 0 Å². The molecule has 0 radical (unpaired) electrons. The molecule has 2 rings (SSSR count). The van der Waals surface area contributed by atoms with Gasteiger partial charge in [0, 0.05) is 11.1 Å². The van der Waals surface area contributed by atoms with Crippen molar-refractivity contribution in [1.82, 2.24) is 5.32 Å². The van der Waals surface area contributed by atoms with Crippen LogP contribution in [0.2, 0.25) is 0 Å². The first-order chi connectivity index (χ1) is 10.3. The van der Waals surface area contributed by atoms with Crippen LogP contribution >= 0.6 is 0 Å². The molecule has 1 atom stereocenters. The van der Waals surface area contributed by atoms with Crippen molar-refractivity contribution in [1.29, 1.82) is 0 Å². The molecule has 1 heterocycles. The molecule has 3 heteroatoms. The third kappa shape index (κ3) is 4.11. The Bertz CT molecular complexity index is 548.